The maximum absolute atomic E-state index is 12.7. The van der Waals surface area contributed by atoms with Crippen molar-refractivity contribution < 1.29 is 9.59 Å². The number of amides is 2. The zero-order chi connectivity index (χ0) is 15.2. The van der Waals surface area contributed by atoms with Crippen LogP contribution >= 0.6 is 0 Å². The van der Waals surface area contributed by atoms with Gasteiger partial charge in [0, 0.05) is 5.69 Å². The Hall–Kier alpha value is -1.91. The summed E-state index contributed by atoms with van der Waals surface area (Å²) in [4.78, 5) is 31.3. The molecule has 1 N–H and O–H groups in total. The highest BCUT2D eigenvalue weighted by atomic mass is 16.2. The van der Waals surface area contributed by atoms with Gasteiger partial charge in [-0.3, -0.25) is 14.6 Å². The molecule has 2 heterocycles. The van der Waals surface area contributed by atoms with Crippen molar-refractivity contribution >= 4 is 11.8 Å². The van der Waals surface area contributed by atoms with E-state index in [0.717, 1.165) is 24.2 Å². The fourth-order valence-corrected chi connectivity index (χ4v) is 2.98. The first kappa shape index (κ1) is 14.0. The second-order valence-corrected chi connectivity index (χ2v) is 6.60. The van der Waals surface area contributed by atoms with Crippen LogP contribution in [-0.4, -0.2) is 33.3 Å². The largest absolute Gasteiger partial charge is 0.340 e. The Labute approximate surface area is 124 Å². The highest BCUT2D eigenvalue weighted by Gasteiger charge is 2.50. The molecule has 112 valence electrons. The maximum atomic E-state index is 12.7. The lowest BCUT2D eigenvalue weighted by Crippen LogP contribution is -2.68. The Morgan fingerprint density at radius 1 is 1.33 bits per heavy atom. The number of nitrogens with one attached hydrogen (secondary N) is 1. The predicted octanol–water partition coefficient (Wildman–Crippen LogP) is 1.41. The molecular formula is C16H21N3O2. The van der Waals surface area contributed by atoms with Gasteiger partial charge in [-0.25, -0.2) is 0 Å². The predicted molar refractivity (Wildman–Crippen MR) is 78.3 cm³/mol. The van der Waals surface area contributed by atoms with Crippen LogP contribution in [0.5, 0.6) is 0 Å². The Bertz CT molecular complexity index is 593. The van der Waals surface area contributed by atoms with Gasteiger partial charge >= 0.3 is 0 Å². The minimum absolute atomic E-state index is 0.0256. The van der Waals surface area contributed by atoms with Crippen molar-refractivity contribution in [2.45, 2.75) is 51.7 Å². The monoisotopic (exact) mass is 287 g/mol. The first-order valence-corrected chi connectivity index (χ1v) is 7.44. The van der Waals surface area contributed by atoms with Gasteiger partial charge in [0.2, 0.25) is 11.8 Å². The first-order chi connectivity index (χ1) is 9.88. The van der Waals surface area contributed by atoms with E-state index < -0.39 is 5.54 Å². The van der Waals surface area contributed by atoms with Gasteiger partial charge in [-0.05, 0) is 51.7 Å². The van der Waals surface area contributed by atoms with Crippen LogP contribution in [0.4, 0.5) is 0 Å². The van der Waals surface area contributed by atoms with E-state index in [9.17, 15) is 9.59 Å². The van der Waals surface area contributed by atoms with Crippen molar-refractivity contribution in [1.29, 1.82) is 0 Å². The Morgan fingerprint density at radius 3 is 2.67 bits per heavy atom. The summed E-state index contributed by atoms with van der Waals surface area (Å²) in [5.74, 6) is 0.243. The van der Waals surface area contributed by atoms with Gasteiger partial charge in [0.05, 0.1) is 12.2 Å². The summed E-state index contributed by atoms with van der Waals surface area (Å²) in [6, 6.07) is 5.43. The van der Waals surface area contributed by atoms with Gasteiger partial charge in [-0.15, -0.1) is 0 Å². The third-order valence-electron chi connectivity index (χ3n) is 4.18. The fourth-order valence-electron chi connectivity index (χ4n) is 2.98. The summed E-state index contributed by atoms with van der Waals surface area (Å²) in [6.07, 6.45) is 2.03. The van der Waals surface area contributed by atoms with Gasteiger partial charge < -0.3 is 10.2 Å². The molecule has 0 aromatic carbocycles. The minimum atomic E-state index is -0.841. The minimum Gasteiger partial charge on any atom is -0.340 e. The van der Waals surface area contributed by atoms with E-state index in [1.807, 2.05) is 25.1 Å². The number of aryl methyl sites for hydroxylation is 1. The third-order valence-corrected chi connectivity index (χ3v) is 4.18. The highest BCUT2D eigenvalue weighted by Crippen LogP contribution is 2.38. The van der Waals surface area contributed by atoms with Crippen LogP contribution in [0, 0.1) is 12.8 Å². The molecule has 0 bridgehead atoms. The van der Waals surface area contributed by atoms with Crippen LogP contribution in [0.15, 0.2) is 18.2 Å². The Kier molecular flexibility index (Phi) is 3.23. The number of hydrogen-bond donors (Lipinski definition) is 1. The summed E-state index contributed by atoms with van der Waals surface area (Å²) in [6.45, 7) is 5.84. The standard InChI is InChI=1S/C16H21N3O2/c1-10-5-4-6-12(17-10)9-19-13(11-7-8-11)14(20)18-16(2,3)15(19)21/h4-6,11,13H,7-9H2,1-3H3,(H,18,20). The summed E-state index contributed by atoms with van der Waals surface area (Å²) >= 11 is 0. The van der Waals surface area contributed by atoms with Crippen LogP contribution in [0.1, 0.15) is 38.1 Å². The normalized spacial score (nSPS) is 24.9. The van der Waals surface area contributed by atoms with Crippen molar-refractivity contribution in [1.82, 2.24) is 15.2 Å². The molecule has 0 radical (unpaired) electrons. The summed E-state index contributed by atoms with van der Waals surface area (Å²) < 4.78 is 0. The topological polar surface area (TPSA) is 62.3 Å². The second-order valence-electron chi connectivity index (χ2n) is 6.60. The molecule has 5 nitrogen and oxygen atoms in total. The number of carbonyl (C=O) groups is 2. The molecule has 3 rings (SSSR count). The molecule has 1 aromatic heterocycles. The lowest BCUT2D eigenvalue weighted by molar-refractivity contribution is -0.155. The van der Waals surface area contributed by atoms with E-state index in [0.29, 0.717) is 12.5 Å². The highest BCUT2D eigenvalue weighted by molar-refractivity contribution is 5.99. The molecule has 2 aliphatic rings. The molecule has 1 aliphatic heterocycles. The molecule has 21 heavy (non-hydrogen) atoms. The number of pyridine rings is 1. The fraction of sp³-hybridized carbons (Fsp3) is 0.562. The van der Waals surface area contributed by atoms with Crippen LogP contribution in [-0.2, 0) is 16.1 Å². The molecule has 1 aromatic rings. The van der Waals surface area contributed by atoms with Crippen LogP contribution in [0.3, 0.4) is 0 Å². The average molecular weight is 287 g/mol. The van der Waals surface area contributed by atoms with Crippen LogP contribution < -0.4 is 5.32 Å². The Morgan fingerprint density at radius 2 is 2.05 bits per heavy atom. The lowest BCUT2D eigenvalue weighted by atomic mass is 9.94. The van der Waals surface area contributed by atoms with Crippen LogP contribution in [0.25, 0.3) is 0 Å². The zero-order valence-corrected chi connectivity index (χ0v) is 12.7. The van der Waals surface area contributed by atoms with Crippen molar-refractivity contribution in [2.24, 2.45) is 5.92 Å². The SMILES string of the molecule is Cc1cccc(CN2C(=O)C(C)(C)NC(=O)C2C2CC2)n1. The van der Waals surface area contributed by atoms with E-state index >= 15 is 0 Å². The average Bonchev–Trinajstić information content (AvgIpc) is 3.19. The molecule has 1 saturated carbocycles. The summed E-state index contributed by atoms with van der Waals surface area (Å²) in [7, 11) is 0. The van der Waals surface area contributed by atoms with E-state index in [-0.39, 0.29) is 17.9 Å². The number of carbonyl (C=O) groups excluding carboxylic acids is 2. The number of hydrogen-bond acceptors (Lipinski definition) is 3. The smallest absolute Gasteiger partial charge is 0.248 e. The molecule has 1 atom stereocenters. The molecule has 0 spiro atoms. The van der Waals surface area contributed by atoms with Gasteiger partial charge in [-0.2, -0.15) is 0 Å². The molecule has 1 aliphatic carbocycles. The molecule has 2 fully saturated rings. The van der Waals surface area contributed by atoms with E-state index in [4.69, 9.17) is 0 Å². The second kappa shape index (κ2) is 4.83. The number of rotatable bonds is 3. The van der Waals surface area contributed by atoms with Crippen molar-refractivity contribution in [3.63, 3.8) is 0 Å². The first-order valence-electron chi connectivity index (χ1n) is 7.44. The van der Waals surface area contributed by atoms with Gasteiger partial charge in [0.15, 0.2) is 0 Å². The van der Waals surface area contributed by atoms with E-state index in [1.54, 1.807) is 18.7 Å². The number of aromatic nitrogens is 1. The number of piperazine rings is 1. The zero-order valence-electron chi connectivity index (χ0n) is 12.7. The molecule has 5 heteroatoms. The molecule has 2 amide bonds. The van der Waals surface area contributed by atoms with Crippen molar-refractivity contribution in [3.05, 3.63) is 29.6 Å². The van der Waals surface area contributed by atoms with E-state index in [1.165, 1.54) is 0 Å². The van der Waals surface area contributed by atoms with Gasteiger partial charge in [0.1, 0.15) is 11.6 Å². The van der Waals surface area contributed by atoms with Gasteiger partial charge in [-0.1, -0.05) is 6.07 Å². The Balaban J connectivity index is 1.90. The van der Waals surface area contributed by atoms with E-state index in [2.05, 4.69) is 10.3 Å². The molecule has 1 saturated heterocycles. The van der Waals surface area contributed by atoms with Gasteiger partial charge in [0.25, 0.3) is 0 Å². The van der Waals surface area contributed by atoms with Crippen molar-refractivity contribution in [3.8, 4) is 0 Å². The van der Waals surface area contributed by atoms with Crippen molar-refractivity contribution in [2.75, 3.05) is 0 Å². The summed E-state index contributed by atoms with van der Waals surface area (Å²) in [5, 5.41) is 2.85. The molecular weight excluding hydrogens is 266 g/mol. The van der Waals surface area contributed by atoms with Crippen LogP contribution in [0.2, 0.25) is 0 Å². The summed E-state index contributed by atoms with van der Waals surface area (Å²) in [5.41, 5.74) is 0.912. The number of nitrogens with zero attached hydrogens (tertiary/aromatic N) is 2. The molecule has 1 unspecified atom stereocenters. The third kappa shape index (κ3) is 2.64. The maximum Gasteiger partial charge on any atom is 0.248 e. The lowest BCUT2D eigenvalue weighted by Gasteiger charge is -2.43. The quantitative estimate of drug-likeness (QED) is 0.914.